The Bertz CT molecular complexity index is 653. The van der Waals surface area contributed by atoms with Gasteiger partial charge < -0.3 is 10.1 Å². The Morgan fingerprint density at radius 2 is 1.85 bits per heavy atom. The number of hydrogen-bond donors (Lipinski definition) is 1. The molecule has 142 valence electrons. The largest absolute Gasteiger partial charge is 0.452 e. The summed E-state index contributed by atoms with van der Waals surface area (Å²) in [7, 11) is 0. The SMILES string of the molecule is C[C@H]1CCCC[C@@H]1NC(=O)COC(=O)/C=C/c1ccc(C(F)(F)F)cc1. The first kappa shape index (κ1) is 20.0. The van der Waals surface area contributed by atoms with Gasteiger partial charge in [-0.3, -0.25) is 4.79 Å². The summed E-state index contributed by atoms with van der Waals surface area (Å²) in [5.74, 6) is -0.667. The van der Waals surface area contributed by atoms with Crippen LogP contribution < -0.4 is 5.32 Å². The van der Waals surface area contributed by atoms with Crippen LogP contribution in [0.5, 0.6) is 0 Å². The van der Waals surface area contributed by atoms with E-state index in [9.17, 15) is 22.8 Å². The fourth-order valence-electron chi connectivity index (χ4n) is 2.91. The minimum atomic E-state index is -4.40. The van der Waals surface area contributed by atoms with Crippen LogP contribution in [0.1, 0.15) is 43.7 Å². The summed E-state index contributed by atoms with van der Waals surface area (Å²) in [4.78, 5) is 23.5. The molecule has 2 rings (SSSR count). The molecule has 1 aliphatic carbocycles. The number of ether oxygens (including phenoxy) is 1. The lowest BCUT2D eigenvalue weighted by atomic mass is 9.86. The molecule has 0 bridgehead atoms. The highest BCUT2D eigenvalue weighted by molar-refractivity contribution is 5.89. The highest BCUT2D eigenvalue weighted by Crippen LogP contribution is 2.29. The fraction of sp³-hybridized carbons (Fsp3) is 0.474. The van der Waals surface area contributed by atoms with Crippen LogP contribution in [-0.2, 0) is 20.5 Å². The molecular weight excluding hydrogens is 347 g/mol. The second kappa shape index (κ2) is 8.87. The molecule has 4 nitrogen and oxygen atoms in total. The lowest BCUT2D eigenvalue weighted by molar-refractivity contribution is -0.144. The Morgan fingerprint density at radius 1 is 1.19 bits per heavy atom. The topological polar surface area (TPSA) is 55.4 Å². The zero-order chi connectivity index (χ0) is 19.2. The number of alkyl halides is 3. The molecule has 1 N–H and O–H groups in total. The van der Waals surface area contributed by atoms with Crippen LogP contribution in [0.25, 0.3) is 6.08 Å². The first-order chi connectivity index (χ1) is 12.3. The maximum Gasteiger partial charge on any atom is 0.416 e. The Labute approximate surface area is 150 Å². The van der Waals surface area contributed by atoms with E-state index in [4.69, 9.17) is 4.74 Å². The summed E-state index contributed by atoms with van der Waals surface area (Å²) in [5.41, 5.74) is -0.332. The van der Waals surface area contributed by atoms with Gasteiger partial charge in [0, 0.05) is 12.1 Å². The van der Waals surface area contributed by atoms with Gasteiger partial charge in [-0.2, -0.15) is 13.2 Å². The van der Waals surface area contributed by atoms with Crippen molar-refractivity contribution in [1.82, 2.24) is 5.32 Å². The Balaban J connectivity index is 1.77. The molecule has 26 heavy (non-hydrogen) atoms. The van der Waals surface area contributed by atoms with E-state index in [0.29, 0.717) is 11.5 Å². The van der Waals surface area contributed by atoms with Gasteiger partial charge in [0.05, 0.1) is 5.56 Å². The van der Waals surface area contributed by atoms with Gasteiger partial charge in [-0.15, -0.1) is 0 Å². The molecule has 1 fully saturated rings. The number of carbonyl (C=O) groups excluding carboxylic acids is 2. The third-order valence-electron chi connectivity index (χ3n) is 4.45. The minimum absolute atomic E-state index is 0.109. The van der Waals surface area contributed by atoms with Crippen molar-refractivity contribution in [3.05, 3.63) is 41.5 Å². The van der Waals surface area contributed by atoms with Crippen LogP contribution >= 0.6 is 0 Å². The molecule has 1 aromatic rings. The fourth-order valence-corrected chi connectivity index (χ4v) is 2.91. The highest BCUT2D eigenvalue weighted by atomic mass is 19.4. The first-order valence-corrected chi connectivity index (χ1v) is 8.57. The summed E-state index contributed by atoms with van der Waals surface area (Å²) < 4.78 is 42.3. The second-order valence-corrected chi connectivity index (χ2v) is 6.50. The smallest absolute Gasteiger partial charge is 0.416 e. The Hall–Kier alpha value is -2.31. The van der Waals surface area contributed by atoms with Gasteiger partial charge in [0.15, 0.2) is 6.61 Å². The molecule has 0 spiro atoms. The summed E-state index contributed by atoms with van der Waals surface area (Å²) in [6.45, 7) is 1.71. The van der Waals surface area contributed by atoms with Crippen LogP contribution in [0.15, 0.2) is 30.3 Å². The molecule has 2 atom stereocenters. The second-order valence-electron chi connectivity index (χ2n) is 6.50. The van der Waals surface area contributed by atoms with Crippen molar-refractivity contribution in [3.8, 4) is 0 Å². The predicted octanol–water partition coefficient (Wildman–Crippen LogP) is 3.96. The number of carbonyl (C=O) groups is 2. The van der Waals surface area contributed by atoms with Crippen LogP contribution in [-0.4, -0.2) is 24.5 Å². The third kappa shape index (κ3) is 6.20. The summed E-state index contributed by atoms with van der Waals surface area (Å²) in [6, 6.07) is 4.49. The van der Waals surface area contributed by atoms with Gasteiger partial charge in [-0.25, -0.2) is 4.79 Å². The van der Waals surface area contributed by atoms with E-state index in [-0.39, 0.29) is 18.6 Å². The van der Waals surface area contributed by atoms with Gasteiger partial charge in [0.25, 0.3) is 5.91 Å². The minimum Gasteiger partial charge on any atom is -0.452 e. The summed E-state index contributed by atoms with van der Waals surface area (Å²) in [5, 5.41) is 2.87. The van der Waals surface area contributed by atoms with Crippen LogP contribution in [0.4, 0.5) is 13.2 Å². The summed E-state index contributed by atoms with van der Waals surface area (Å²) >= 11 is 0. The standard InChI is InChI=1S/C19H22F3NO3/c1-13-4-2-3-5-16(13)23-17(24)12-26-18(25)11-8-14-6-9-15(10-7-14)19(20,21)22/h6-11,13,16H,2-5,12H2,1H3,(H,23,24)/b11-8+/t13-,16-/m0/s1. The predicted molar refractivity (Wildman–Crippen MR) is 91.0 cm³/mol. The van der Waals surface area contributed by atoms with Crippen molar-refractivity contribution >= 4 is 18.0 Å². The van der Waals surface area contributed by atoms with Crippen molar-refractivity contribution in [2.24, 2.45) is 5.92 Å². The number of nitrogens with one attached hydrogen (secondary N) is 1. The zero-order valence-corrected chi connectivity index (χ0v) is 14.5. The van der Waals surface area contributed by atoms with Gasteiger partial charge in [0.1, 0.15) is 0 Å². The first-order valence-electron chi connectivity index (χ1n) is 8.57. The van der Waals surface area contributed by atoms with E-state index >= 15 is 0 Å². The Kier molecular flexibility index (Phi) is 6.83. The molecule has 0 aromatic heterocycles. The lowest BCUT2D eigenvalue weighted by Crippen LogP contribution is -2.42. The number of amides is 1. The van der Waals surface area contributed by atoms with Crippen molar-refractivity contribution in [3.63, 3.8) is 0 Å². The van der Waals surface area contributed by atoms with Crippen LogP contribution in [0.2, 0.25) is 0 Å². The number of esters is 1. The molecule has 0 radical (unpaired) electrons. The lowest BCUT2D eigenvalue weighted by Gasteiger charge is -2.29. The maximum atomic E-state index is 12.5. The van der Waals surface area contributed by atoms with Crippen molar-refractivity contribution < 1.29 is 27.5 Å². The quantitative estimate of drug-likeness (QED) is 0.631. The average molecular weight is 369 g/mol. The molecule has 1 amide bonds. The summed E-state index contributed by atoms with van der Waals surface area (Å²) in [6.07, 6.45) is 2.25. The number of halogens is 3. The van der Waals surface area contributed by atoms with Gasteiger partial charge in [0.2, 0.25) is 0 Å². The molecule has 1 saturated carbocycles. The van der Waals surface area contributed by atoms with Gasteiger partial charge >= 0.3 is 12.1 Å². The maximum absolute atomic E-state index is 12.5. The van der Waals surface area contributed by atoms with Crippen molar-refractivity contribution in [1.29, 1.82) is 0 Å². The van der Waals surface area contributed by atoms with E-state index in [1.54, 1.807) is 0 Å². The van der Waals surface area contributed by atoms with Crippen molar-refractivity contribution in [2.75, 3.05) is 6.61 Å². The van der Waals surface area contributed by atoms with E-state index in [0.717, 1.165) is 43.9 Å². The van der Waals surface area contributed by atoms with Gasteiger partial charge in [-0.1, -0.05) is 31.9 Å². The number of rotatable bonds is 5. The molecule has 0 saturated heterocycles. The van der Waals surface area contributed by atoms with E-state index < -0.39 is 17.7 Å². The molecule has 0 aliphatic heterocycles. The number of hydrogen-bond acceptors (Lipinski definition) is 3. The van der Waals surface area contributed by atoms with E-state index in [1.165, 1.54) is 18.2 Å². The molecule has 1 aliphatic rings. The average Bonchev–Trinajstić information content (AvgIpc) is 2.60. The molecule has 7 heteroatoms. The van der Waals surface area contributed by atoms with Crippen LogP contribution in [0.3, 0.4) is 0 Å². The molecule has 0 heterocycles. The number of benzene rings is 1. The van der Waals surface area contributed by atoms with Gasteiger partial charge in [-0.05, 0) is 42.5 Å². The molecule has 1 aromatic carbocycles. The van der Waals surface area contributed by atoms with Crippen molar-refractivity contribution in [2.45, 2.75) is 44.8 Å². The molecule has 0 unspecified atom stereocenters. The molecular formula is C19H22F3NO3. The third-order valence-corrected chi connectivity index (χ3v) is 4.45. The van der Waals surface area contributed by atoms with E-state index in [2.05, 4.69) is 12.2 Å². The Morgan fingerprint density at radius 3 is 2.46 bits per heavy atom. The highest BCUT2D eigenvalue weighted by Gasteiger charge is 2.29. The monoisotopic (exact) mass is 369 g/mol. The zero-order valence-electron chi connectivity index (χ0n) is 14.5. The van der Waals surface area contributed by atoms with E-state index in [1.807, 2.05) is 0 Å². The van der Waals surface area contributed by atoms with Crippen LogP contribution in [0, 0.1) is 5.92 Å². The normalized spacial score (nSPS) is 20.8.